The number of aryl methyl sites for hydroxylation is 2. The lowest BCUT2D eigenvalue weighted by atomic mass is 9.88. The molecule has 132 valence electrons. The Hall–Kier alpha value is -2.69. The molecule has 2 aromatic rings. The first-order valence-electron chi connectivity index (χ1n) is 8.59. The Morgan fingerprint density at radius 2 is 2.04 bits per heavy atom. The first kappa shape index (κ1) is 18.6. The number of nitrogens with one attached hydrogen (secondary N) is 2. The van der Waals surface area contributed by atoms with Gasteiger partial charge in [-0.25, -0.2) is 9.97 Å². The van der Waals surface area contributed by atoms with Crippen molar-refractivity contribution in [2.75, 3.05) is 5.73 Å². The number of aromatic amines is 1. The molecular weight excluding hydrogens is 310 g/mol. The zero-order valence-electron chi connectivity index (χ0n) is 15.3. The molecule has 25 heavy (non-hydrogen) atoms. The van der Waals surface area contributed by atoms with E-state index >= 15 is 0 Å². The molecule has 2 aromatic heterocycles. The number of aromatic nitrogens is 3. The minimum absolute atomic E-state index is 0.293. The molecule has 1 saturated carbocycles. The van der Waals surface area contributed by atoms with Crippen LogP contribution in [0.15, 0.2) is 31.1 Å². The molecule has 0 saturated heterocycles. The highest BCUT2D eigenvalue weighted by Gasteiger charge is 2.15. The molecule has 0 atom stereocenters. The van der Waals surface area contributed by atoms with E-state index in [1.165, 1.54) is 25.6 Å². The fourth-order valence-electron chi connectivity index (χ4n) is 2.59. The van der Waals surface area contributed by atoms with Crippen LogP contribution in [0.4, 0.5) is 5.82 Å². The molecule has 5 nitrogen and oxygen atoms in total. The lowest BCUT2D eigenvalue weighted by Gasteiger charge is -2.18. The monoisotopic (exact) mass is 337 g/mol. The third kappa shape index (κ3) is 4.66. The van der Waals surface area contributed by atoms with E-state index in [2.05, 4.69) is 28.5 Å². The molecule has 2 heterocycles. The second kappa shape index (κ2) is 8.42. The van der Waals surface area contributed by atoms with Gasteiger partial charge in [0.25, 0.3) is 0 Å². The Kier molecular flexibility index (Phi) is 6.28. The highest BCUT2D eigenvalue weighted by molar-refractivity contribution is 6.13. The van der Waals surface area contributed by atoms with Crippen LogP contribution in [0.5, 0.6) is 0 Å². The normalized spacial score (nSPS) is 13.9. The molecule has 0 bridgehead atoms. The molecular formula is C20H27N5. The van der Waals surface area contributed by atoms with Crippen LogP contribution in [-0.2, 0) is 0 Å². The molecule has 1 aliphatic rings. The average Bonchev–Trinajstić information content (AvgIpc) is 2.92. The molecule has 1 fully saturated rings. The maximum absolute atomic E-state index is 8.30. The minimum Gasteiger partial charge on any atom is -0.383 e. The maximum atomic E-state index is 8.30. The molecule has 4 N–H and O–H groups in total. The average molecular weight is 337 g/mol. The van der Waals surface area contributed by atoms with Crippen LogP contribution >= 0.6 is 0 Å². The van der Waals surface area contributed by atoms with Crippen molar-refractivity contribution in [2.45, 2.75) is 40.0 Å². The van der Waals surface area contributed by atoms with Crippen LogP contribution in [0.3, 0.4) is 0 Å². The Morgan fingerprint density at radius 1 is 1.36 bits per heavy atom. The number of nitrogens with two attached hydrogens (primary N) is 1. The van der Waals surface area contributed by atoms with Gasteiger partial charge < -0.3 is 10.7 Å². The van der Waals surface area contributed by atoms with Gasteiger partial charge in [-0.05, 0) is 37.5 Å². The number of hydrogen-bond donors (Lipinski definition) is 3. The largest absolute Gasteiger partial charge is 0.383 e. The van der Waals surface area contributed by atoms with Gasteiger partial charge in [0.05, 0.1) is 22.7 Å². The quantitative estimate of drug-likeness (QED) is 0.569. The van der Waals surface area contributed by atoms with Crippen molar-refractivity contribution in [3.8, 4) is 0 Å². The Bertz CT molecular complexity index is 761. The van der Waals surface area contributed by atoms with Gasteiger partial charge in [0.1, 0.15) is 12.1 Å². The standard InChI is InChI=1S/C15H17N5.C5H10/c1-4-5-6-11-9(2)7-12(20-11)14(16)13-10(3)18-8-19-15(13)17;1-5-3-2-4-5/h4-8,16,20H,1H2,2-3H3,(H2,17,18,19);5H,2-4H2,1H3/b6-5-,16-14?;. The zero-order valence-corrected chi connectivity index (χ0v) is 15.3. The first-order valence-corrected chi connectivity index (χ1v) is 8.59. The van der Waals surface area contributed by atoms with Crippen LogP contribution in [0, 0.1) is 25.2 Å². The van der Waals surface area contributed by atoms with E-state index in [4.69, 9.17) is 11.1 Å². The van der Waals surface area contributed by atoms with Crippen LogP contribution in [-0.4, -0.2) is 20.7 Å². The van der Waals surface area contributed by atoms with Crippen LogP contribution in [0.1, 0.15) is 54.4 Å². The van der Waals surface area contributed by atoms with Gasteiger partial charge in [0, 0.05) is 5.69 Å². The number of allylic oxidation sites excluding steroid dienone is 2. The number of H-pyrrole nitrogens is 1. The number of rotatable bonds is 4. The number of nitrogens with zero attached hydrogens (tertiary/aromatic N) is 2. The minimum atomic E-state index is 0.293. The lowest BCUT2D eigenvalue weighted by Crippen LogP contribution is -2.11. The summed E-state index contributed by atoms with van der Waals surface area (Å²) in [7, 11) is 0. The summed E-state index contributed by atoms with van der Waals surface area (Å²) in [6.45, 7) is 9.75. The summed E-state index contributed by atoms with van der Waals surface area (Å²) in [5.41, 5.74) is 10.1. The van der Waals surface area contributed by atoms with E-state index in [-0.39, 0.29) is 0 Å². The smallest absolute Gasteiger partial charge is 0.136 e. The summed E-state index contributed by atoms with van der Waals surface area (Å²) >= 11 is 0. The van der Waals surface area contributed by atoms with E-state index < -0.39 is 0 Å². The van der Waals surface area contributed by atoms with Crippen molar-refractivity contribution in [3.63, 3.8) is 0 Å². The number of nitrogen functional groups attached to an aromatic ring is 1. The molecule has 5 heteroatoms. The molecule has 0 amide bonds. The lowest BCUT2D eigenvalue weighted by molar-refractivity contribution is 0.346. The van der Waals surface area contributed by atoms with Gasteiger partial charge in [-0.1, -0.05) is 44.9 Å². The SMILES string of the molecule is C=C/C=C\c1[nH]c(C(=N)c2c(C)ncnc2N)cc1C.CC1CCC1. The third-order valence-electron chi connectivity index (χ3n) is 4.43. The van der Waals surface area contributed by atoms with E-state index in [1.54, 1.807) is 6.08 Å². The van der Waals surface area contributed by atoms with Crippen molar-refractivity contribution in [1.29, 1.82) is 5.41 Å². The molecule has 0 aromatic carbocycles. The van der Waals surface area contributed by atoms with Gasteiger partial charge in [-0.2, -0.15) is 0 Å². The second-order valence-electron chi connectivity index (χ2n) is 6.50. The van der Waals surface area contributed by atoms with Crippen molar-refractivity contribution >= 4 is 17.6 Å². The number of hydrogen-bond acceptors (Lipinski definition) is 4. The van der Waals surface area contributed by atoms with Crippen molar-refractivity contribution in [1.82, 2.24) is 15.0 Å². The van der Waals surface area contributed by atoms with Crippen LogP contribution < -0.4 is 5.73 Å². The molecule has 0 radical (unpaired) electrons. The van der Waals surface area contributed by atoms with Crippen LogP contribution in [0.2, 0.25) is 0 Å². The summed E-state index contributed by atoms with van der Waals surface area (Å²) in [6, 6.07) is 1.91. The Morgan fingerprint density at radius 3 is 2.56 bits per heavy atom. The molecule has 0 spiro atoms. The summed E-state index contributed by atoms with van der Waals surface area (Å²) in [6.07, 6.45) is 11.3. The van der Waals surface area contributed by atoms with Crippen molar-refractivity contribution < 1.29 is 0 Å². The summed E-state index contributed by atoms with van der Waals surface area (Å²) in [5, 5.41) is 8.30. The predicted molar refractivity (Wildman–Crippen MR) is 105 cm³/mol. The summed E-state index contributed by atoms with van der Waals surface area (Å²) in [5.74, 6) is 1.38. The highest BCUT2D eigenvalue weighted by Crippen LogP contribution is 2.24. The van der Waals surface area contributed by atoms with Gasteiger partial charge >= 0.3 is 0 Å². The second-order valence-corrected chi connectivity index (χ2v) is 6.50. The van der Waals surface area contributed by atoms with Gasteiger partial charge in [-0.3, -0.25) is 5.41 Å². The Labute approximate surface area is 149 Å². The van der Waals surface area contributed by atoms with E-state index in [1.807, 2.05) is 32.1 Å². The first-order chi connectivity index (χ1) is 11.9. The summed E-state index contributed by atoms with van der Waals surface area (Å²) < 4.78 is 0. The van der Waals surface area contributed by atoms with Gasteiger partial charge in [0.15, 0.2) is 0 Å². The maximum Gasteiger partial charge on any atom is 0.136 e. The number of anilines is 1. The third-order valence-corrected chi connectivity index (χ3v) is 4.43. The van der Waals surface area contributed by atoms with Gasteiger partial charge in [0.2, 0.25) is 0 Å². The highest BCUT2D eigenvalue weighted by atomic mass is 14.9. The molecule has 3 rings (SSSR count). The molecule has 0 aliphatic heterocycles. The van der Waals surface area contributed by atoms with E-state index in [0.29, 0.717) is 28.5 Å². The van der Waals surface area contributed by atoms with E-state index in [0.717, 1.165) is 17.2 Å². The zero-order chi connectivity index (χ0) is 18.4. The van der Waals surface area contributed by atoms with Crippen molar-refractivity contribution in [3.05, 3.63) is 59.3 Å². The van der Waals surface area contributed by atoms with Crippen LogP contribution in [0.25, 0.3) is 6.08 Å². The van der Waals surface area contributed by atoms with Crippen molar-refractivity contribution in [2.24, 2.45) is 5.92 Å². The predicted octanol–water partition coefficient (Wildman–Crippen LogP) is 4.43. The van der Waals surface area contributed by atoms with Gasteiger partial charge in [-0.15, -0.1) is 0 Å². The fraction of sp³-hybridized carbons (Fsp3) is 0.350. The summed E-state index contributed by atoms with van der Waals surface area (Å²) in [4.78, 5) is 11.2. The molecule has 1 aliphatic carbocycles. The topological polar surface area (TPSA) is 91.4 Å². The molecule has 0 unspecified atom stereocenters. The Balaban J connectivity index is 0.000000386. The van der Waals surface area contributed by atoms with E-state index in [9.17, 15) is 0 Å². The fourth-order valence-corrected chi connectivity index (χ4v) is 2.59.